The number of halogens is 7. The van der Waals surface area contributed by atoms with Crippen LogP contribution in [0, 0.1) is 46.8 Å². The van der Waals surface area contributed by atoms with Crippen molar-refractivity contribution in [3.8, 4) is 11.5 Å². The summed E-state index contributed by atoms with van der Waals surface area (Å²) in [5.41, 5.74) is 0.509. The van der Waals surface area contributed by atoms with Gasteiger partial charge in [0.1, 0.15) is 5.69 Å². The Morgan fingerprint density at radius 2 is 1.34 bits per heavy atom. The molecule has 11 nitrogen and oxygen atoms in total. The highest BCUT2D eigenvalue weighted by atomic mass is 35.5. The second-order valence-electron chi connectivity index (χ2n) is 14.8. The van der Waals surface area contributed by atoms with E-state index in [-0.39, 0.29) is 33.9 Å². The van der Waals surface area contributed by atoms with Crippen molar-refractivity contribution in [2.75, 3.05) is 35.9 Å². The monoisotopic (exact) mass is 853 g/mol. The molecule has 4 aromatic carbocycles. The molecule has 1 N–H and O–H groups in total. The predicted molar refractivity (Wildman–Crippen MR) is 205 cm³/mol. The molecule has 0 spiro atoms. The lowest BCUT2D eigenvalue weighted by Gasteiger charge is -2.50. The summed E-state index contributed by atoms with van der Waals surface area (Å²) in [6.07, 6.45) is 0.809. The van der Waals surface area contributed by atoms with Gasteiger partial charge >= 0.3 is 0 Å². The van der Waals surface area contributed by atoms with E-state index in [1.807, 2.05) is 31.1 Å². The van der Waals surface area contributed by atoms with Gasteiger partial charge in [0, 0.05) is 25.7 Å². The lowest BCUT2D eigenvalue weighted by molar-refractivity contribution is -0.125. The zero-order valence-corrected chi connectivity index (χ0v) is 32.5. The van der Waals surface area contributed by atoms with Gasteiger partial charge < -0.3 is 14.7 Å². The fourth-order valence-corrected chi connectivity index (χ4v) is 9.62. The van der Waals surface area contributed by atoms with Gasteiger partial charge in [-0.3, -0.25) is 24.1 Å². The molecule has 2 heterocycles. The lowest BCUT2D eigenvalue weighted by atomic mass is 9.56. The second kappa shape index (κ2) is 14.2. The fraction of sp³-hybridized carbons (Fsp3) is 0.268. The molecule has 0 bridgehead atoms. The molecule has 2 aliphatic heterocycles. The Balaban J connectivity index is 1.18. The van der Waals surface area contributed by atoms with Crippen LogP contribution in [-0.4, -0.2) is 59.7 Å². The first-order valence-corrected chi connectivity index (χ1v) is 18.7. The largest absolute Gasteiger partial charge is 0.504 e. The Morgan fingerprint density at radius 1 is 0.763 bits per heavy atom. The van der Waals surface area contributed by atoms with Gasteiger partial charge in [0.15, 0.2) is 44.5 Å². The third-order valence-electron chi connectivity index (χ3n) is 11.5. The number of aromatic hydroxyl groups is 1. The molecule has 2 aliphatic carbocycles. The predicted octanol–water partition coefficient (Wildman–Crippen LogP) is 8.35. The molecule has 6 atom stereocenters. The van der Waals surface area contributed by atoms with Gasteiger partial charge in [0.05, 0.1) is 36.0 Å². The first kappa shape index (κ1) is 39.9. The number of carbonyl (C=O) groups excluding carboxylic acids is 4. The van der Waals surface area contributed by atoms with E-state index in [9.17, 15) is 37.5 Å². The molecule has 0 aromatic heterocycles. The van der Waals surface area contributed by atoms with Crippen LogP contribution in [0.5, 0.6) is 11.5 Å². The Hall–Kier alpha value is -5.87. The van der Waals surface area contributed by atoms with Crippen LogP contribution in [0.4, 0.5) is 50.4 Å². The van der Waals surface area contributed by atoms with Gasteiger partial charge in [-0.05, 0) is 85.0 Å². The average molecular weight is 855 g/mol. The number of alkyl halides is 2. The number of anilines is 3. The molecule has 1 saturated carbocycles. The number of amides is 4. The highest BCUT2D eigenvalue weighted by Gasteiger charge is 2.77. The van der Waals surface area contributed by atoms with Crippen molar-refractivity contribution in [1.82, 2.24) is 0 Å². The van der Waals surface area contributed by atoms with Crippen LogP contribution in [0.2, 0.25) is 0 Å². The van der Waals surface area contributed by atoms with E-state index >= 15 is 8.78 Å². The van der Waals surface area contributed by atoms with E-state index < -0.39 is 104 Å². The summed E-state index contributed by atoms with van der Waals surface area (Å²) in [4.78, 5) is 54.6. The van der Waals surface area contributed by atoms with E-state index in [0.29, 0.717) is 11.4 Å². The minimum Gasteiger partial charge on any atom is -0.504 e. The summed E-state index contributed by atoms with van der Waals surface area (Å²) < 4.78 is 79.0. The Kier molecular flexibility index (Phi) is 9.58. The van der Waals surface area contributed by atoms with Gasteiger partial charge in [-0.2, -0.15) is 10.2 Å². The van der Waals surface area contributed by atoms with Gasteiger partial charge in [-0.1, -0.05) is 17.7 Å². The van der Waals surface area contributed by atoms with Crippen LogP contribution < -0.4 is 19.4 Å². The molecule has 8 rings (SSSR count). The van der Waals surface area contributed by atoms with Crippen LogP contribution in [0.25, 0.3) is 0 Å². The molecule has 2 saturated heterocycles. The first-order chi connectivity index (χ1) is 28.0. The second-order valence-corrected chi connectivity index (χ2v) is 16.0. The van der Waals surface area contributed by atoms with Gasteiger partial charge in [-0.15, -0.1) is 23.2 Å². The maximum atomic E-state index is 15.3. The van der Waals surface area contributed by atoms with Gasteiger partial charge in [-0.25, -0.2) is 26.9 Å². The number of allylic oxidation sites excluding steroid dienone is 2. The number of phenols is 1. The minimum atomic E-state index is -2.74. The first-order valence-electron chi connectivity index (χ1n) is 18.0. The molecule has 4 amide bonds. The Labute approximate surface area is 342 Å². The Morgan fingerprint density at radius 3 is 1.90 bits per heavy atom. The molecule has 4 aromatic rings. The molecule has 18 heteroatoms. The standard InChI is InChI=1S/C41H30Cl2F5N5O6/c1-51(2)21-9-5-19(6-10-21)49-50-20-7-11-22(12-8-20)52-36(55)24-14-13-23-25(28(24)37(52)56)17-40(42)38(57)53(35-33(47)31(45)30(44)32(46)34(35)48)39(58)41(40,43)29(23)18-4-15-27(59-3)26(54)16-18/h4-13,15-16,24-25,28-29,54H,14,17H2,1-3H3. The van der Waals surface area contributed by atoms with Crippen LogP contribution in [0.15, 0.2) is 88.6 Å². The van der Waals surface area contributed by atoms with Crippen molar-refractivity contribution < 1.29 is 51.0 Å². The number of methoxy groups -OCH3 is 1. The number of hydrogen-bond donors (Lipinski definition) is 1. The number of hydrogen-bond acceptors (Lipinski definition) is 9. The van der Waals surface area contributed by atoms with Crippen LogP contribution in [0.3, 0.4) is 0 Å². The number of ether oxygens (including phenoxy) is 1. The summed E-state index contributed by atoms with van der Waals surface area (Å²) in [6.45, 7) is 0. The lowest BCUT2D eigenvalue weighted by Crippen LogP contribution is -2.60. The van der Waals surface area contributed by atoms with E-state index in [2.05, 4.69) is 10.2 Å². The van der Waals surface area contributed by atoms with Crippen molar-refractivity contribution in [3.05, 3.63) is 113 Å². The highest BCUT2D eigenvalue weighted by molar-refractivity contribution is 6.58. The molecule has 4 aliphatic rings. The smallest absolute Gasteiger partial charge is 0.258 e. The van der Waals surface area contributed by atoms with Crippen molar-refractivity contribution in [3.63, 3.8) is 0 Å². The summed E-state index contributed by atoms with van der Waals surface area (Å²) >= 11 is 14.3. The van der Waals surface area contributed by atoms with Gasteiger partial charge in [0.2, 0.25) is 17.6 Å². The average Bonchev–Trinajstić information content (AvgIpc) is 3.56. The topological polar surface area (TPSA) is 132 Å². The summed E-state index contributed by atoms with van der Waals surface area (Å²) in [5.74, 6) is -22.3. The van der Waals surface area contributed by atoms with E-state index in [1.165, 1.54) is 31.4 Å². The fourth-order valence-electron chi connectivity index (χ4n) is 8.68. The number of phenolic OH excluding ortho intramolecular Hbond substituents is 1. The van der Waals surface area contributed by atoms with E-state index in [4.69, 9.17) is 27.9 Å². The zero-order chi connectivity index (χ0) is 42.5. The molecule has 0 radical (unpaired) electrons. The zero-order valence-electron chi connectivity index (χ0n) is 31.0. The van der Waals surface area contributed by atoms with E-state index in [1.54, 1.807) is 30.3 Å². The minimum absolute atomic E-state index is 0.0187. The number of fused-ring (bicyclic) bond motifs is 4. The third kappa shape index (κ3) is 5.74. The number of azo groups is 1. The number of nitrogens with zero attached hydrogens (tertiary/aromatic N) is 5. The maximum Gasteiger partial charge on any atom is 0.258 e. The number of rotatable bonds is 7. The SMILES string of the molecule is COc1ccc(C2C3=CCC4C(=O)N(c5ccc(N=Nc6ccc(N(C)C)cc6)cc5)C(=O)C4C3CC3(Cl)C(=O)N(c4c(F)c(F)c(F)c(F)c4F)C(=O)C23Cl)cc1O. The maximum absolute atomic E-state index is 15.3. The van der Waals surface area contributed by atoms with Crippen molar-refractivity contribution >= 4 is 75.3 Å². The quantitative estimate of drug-likeness (QED) is 0.0376. The highest BCUT2D eigenvalue weighted by Crippen LogP contribution is 2.66. The number of benzene rings is 4. The molecular weight excluding hydrogens is 824 g/mol. The van der Waals surface area contributed by atoms with Crippen molar-refractivity contribution in [1.29, 1.82) is 0 Å². The molecule has 304 valence electrons. The summed E-state index contributed by atoms with van der Waals surface area (Å²) in [6, 6.07) is 17.3. The van der Waals surface area contributed by atoms with Crippen molar-refractivity contribution in [2.45, 2.75) is 28.5 Å². The summed E-state index contributed by atoms with van der Waals surface area (Å²) in [7, 11) is 5.07. The number of carbonyl (C=O) groups is 4. The number of imide groups is 2. The normalized spacial score (nSPS) is 26.3. The van der Waals surface area contributed by atoms with Gasteiger partial charge in [0.25, 0.3) is 11.8 Å². The van der Waals surface area contributed by atoms with Crippen LogP contribution in [0.1, 0.15) is 24.3 Å². The molecule has 6 unspecified atom stereocenters. The van der Waals surface area contributed by atoms with Crippen molar-refractivity contribution in [2.24, 2.45) is 28.0 Å². The molecule has 59 heavy (non-hydrogen) atoms. The van der Waals surface area contributed by atoms with Crippen LogP contribution in [-0.2, 0) is 19.2 Å². The van der Waals surface area contributed by atoms with E-state index in [0.717, 1.165) is 16.7 Å². The molecular formula is C41H30Cl2F5N5O6. The molecule has 3 fully saturated rings. The Bertz CT molecular complexity index is 2530. The third-order valence-corrected chi connectivity index (χ3v) is 12.9. The summed E-state index contributed by atoms with van der Waals surface area (Å²) in [5, 5.41) is 19.3. The van der Waals surface area contributed by atoms with Crippen LogP contribution >= 0.6 is 23.2 Å².